The summed E-state index contributed by atoms with van der Waals surface area (Å²) in [5.74, 6) is 1.95. The number of hydrogen-bond acceptors (Lipinski definition) is 5. The summed E-state index contributed by atoms with van der Waals surface area (Å²) in [7, 11) is 2.04. The smallest absolute Gasteiger partial charge is 0.133 e. The number of nitrogens with one attached hydrogen (secondary N) is 1. The Hall–Kier alpha value is -1.37. The number of rotatable bonds is 3. The lowest BCUT2D eigenvalue weighted by Crippen LogP contribution is -2.46. The summed E-state index contributed by atoms with van der Waals surface area (Å²) in [5.41, 5.74) is 0.985. The van der Waals surface area contributed by atoms with Crippen LogP contribution in [0.3, 0.4) is 0 Å². The Morgan fingerprint density at radius 3 is 3.00 bits per heavy atom. The van der Waals surface area contributed by atoms with Crippen molar-refractivity contribution in [2.24, 2.45) is 7.05 Å². The highest BCUT2D eigenvalue weighted by molar-refractivity contribution is 5.85. The number of aryl methyl sites for hydroxylation is 2. The minimum absolute atomic E-state index is 0. The lowest BCUT2D eigenvalue weighted by Gasteiger charge is -2.35. The third kappa shape index (κ3) is 3.03. The van der Waals surface area contributed by atoms with Gasteiger partial charge in [0.05, 0.1) is 11.7 Å². The quantitative estimate of drug-likeness (QED) is 0.925. The molecule has 1 N–H and O–H groups in total. The summed E-state index contributed by atoms with van der Waals surface area (Å²) in [5, 5.41) is 7.52. The summed E-state index contributed by atoms with van der Waals surface area (Å²) < 4.78 is 7.22. The van der Waals surface area contributed by atoms with Crippen LogP contribution in [0, 0.1) is 6.92 Å². The Morgan fingerprint density at radius 1 is 1.50 bits per heavy atom. The van der Waals surface area contributed by atoms with Gasteiger partial charge in [-0.2, -0.15) is 0 Å². The molecule has 0 amide bonds. The third-order valence-electron chi connectivity index (χ3n) is 3.55. The van der Waals surface area contributed by atoms with Crippen LogP contribution in [-0.4, -0.2) is 39.2 Å². The maximum Gasteiger partial charge on any atom is 0.133 e. The van der Waals surface area contributed by atoms with Gasteiger partial charge in [-0.15, -0.1) is 12.4 Å². The Labute approximate surface area is 124 Å². The summed E-state index contributed by atoms with van der Waals surface area (Å²) in [6, 6.07) is 2.28. The zero-order valence-corrected chi connectivity index (χ0v) is 12.6. The van der Waals surface area contributed by atoms with Crippen molar-refractivity contribution in [3.8, 4) is 0 Å². The monoisotopic (exact) mass is 297 g/mol. The predicted octanol–water partition coefficient (Wildman–Crippen LogP) is 1.28. The molecule has 7 heteroatoms. The summed E-state index contributed by atoms with van der Waals surface area (Å²) in [4.78, 5) is 6.87. The van der Waals surface area contributed by atoms with Crippen LogP contribution in [0.25, 0.3) is 0 Å². The van der Waals surface area contributed by atoms with Crippen LogP contribution < -0.4 is 5.32 Å². The highest BCUT2D eigenvalue weighted by Gasteiger charge is 2.27. The molecule has 3 rings (SSSR count). The van der Waals surface area contributed by atoms with Crippen molar-refractivity contribution in [3.63, 3.8) is 0 Å². The van der Waals surface area contributed by atoms with Crippen LogP contribution in [0.4, 0.5) is 0 Å². The molecule has 110 valence electrons. The highest BCUT2D eigenvalue weighted by atomic mass is 35.5. The van der Waals surface area contributed by atoms with E-state index in [1.807, 2.05) is 32.4 Å². The first-order valence-corrected chi connectivity index (χ1v) is 6.58. The van der Waals surface area contributed by atoms with Gasteiger partial charge in [-0.25, -0.2) is 4.98 Å². The van der Waals surface area contributed by atoms with Crippen LogP contribution >= 0.6 is 12.4 Å². The lowest BCUT2D eigenvalue weighted by atomic mass is 10.1. The van der Waals surface area contributed by atoms with E-state index in [2.05, 4.69) is 24.9 Å². The normalized spacial score (nSPS) is 19.8. The zero-order valence-electron chi connectivity index (χ0n) is 11.7. The van der Waals surface area contributed by atoms with Gasteiger partial charge in [0.1, 0.15) is 11.6 Å². The molecule has 1 atom stereocenters. The van der Waals surface area contributed by atoms with E-state index in [1.54, 1.807) is 0 Å². The average molecular weight is 298 g/mol. The van der Waals surface area contributed by atoms with E-state index in [0.29, 0.717) is 0 Å². The molecule has 2 aromatic heterocycles. The summed E-state index contributed by atoms with van der Waals surface area (Å²) in [6.45, 7) is 5.63. The van der Waals surface area contributed by atoms with Crippen molar-refractivity contribution >= 4 is 12.4 Å². The molecule has 20 heavy (non-hydrogen) atoms. The molecule has 0 spiro atoms. The van der Waals surface area contributed by atoms with Crippen LogP contribution in [0.5, 0.6) is 0 Å². The molecule has 0 saturated carbocycles. The van der Waals surface area contributed by atoms with Crippen LogP contribution in [-0.2, 0) is 13.6 Å². The molecule has 0 aliphatic carbocycles. The fourth-order valence-electron chi connectivity index (χ4n) is 2.59. The van der Waals surface area contributed by atoms with Crippen molar-refractivity contribution in [2.75, 3.05) is 19.6 Å². The first-order valence-electron chi connectivity index (χ1n) is 6.58. The summed E-state index contributed by atoms with van der Waals surface area (Å²) >= 11 is 0. The molecule has 2 aromatic rings. The predicted molar refractivity (Wildman–Crippen MR) is 77.7 cm³/mol. The molecule has 3 heterocycles. The van der Waals surface area contributed by atoms with Crippen LogP contribution in [0.1, 0.15) is 23.3 Å². The van der Waals surface area contributed by atoms with Crippen LogP contribution in [0.15, 0.2) is 23.0 Å². The fourth-order valence-corrected chi connectivity index (χ4v) is 2.59. The zero-order chi connectivity index (χ0) is 13.2. The molecule has 0 radical (unpaired) electrons. The van der Waals surface area contributed by atoms with Crippen molar-refractivity contribution in [2.45, 2.75) is 19.5 Å². The van der Waals surface area contributed by atoms with Crippen LogP contribution in [0.2, 0.25) is 0 Å². The molecule has 6 nitrogen and oxygen atoms in total. The lowest BCUT2D eigenvalue weighted by molar-refractivity contribution is 0.141. The second-order valence-electron chi connectivity index (χ2n) is 5.02. The second kappa shape index (κ2) is 6.39. The maximum absolute atomic E-state index is 5.14. The van der Waals surface area contributed by atoms with E-state index in [-0.39, 0.29) is 18.4 Å². The van der Waals surface area contributed by atoms with Gasteiger partial charge < -0.3 is 14.4 Å². The molecule has 1 saturated heterocycles. The molecule has 0 bridgehead atoms. The Kier molecular flexibility index (Phi) is 4.80. The number of nitrogens with zero attached hydrogens (tertiary/aromatic N) is 4. The number of aromatic nitrogens is 3. The van der Waals surface area contributed by atoms with Crippen molar-refractivity contribution in [3.05, 3.63) is 35.7 Å². The van der Waals surface area contributed by atoms with Gasteiger partial charge in [0, 0.05) is 51.7 Å². The Balaban J connectivity index is 0.00000147. The molecule has 1 fully saturated rings. The van der Waals surface area contributed by atoms with Gasteiger partial charge in [-0.05, 0) is 6.92 Å². The van der Waals surface area contributed by atoms with Crippen molar-refractivity contribution < 1.29 is 4.52 Å². The average Bonchev–Trinajstić information content (AvgIpc) is 2.99. The van der Waals surface area contributed by atoms with E-state index in [1.165, 1.54) is 0 Å². The number of hydrogen-bond donors (Lipinski definition) is 1. The molecular weight excluding hydrogens is 278 g/mol. The molecule has 1 aliphatic heterocycles. The Morgan fingerprint density at radius 2 is 2.35 bits per heavy atom. The minimum atomic E-state index is 0. The number of halogens is 1. The fraction of sp³-hybridized carbons (Fsp3) is 0.538. The van der Waals surface area contributed by atoms with E-state index in [9.17, 15) is 0 Å². The van der Waals surface area contributed by atoms with Gasteiger partial charge in [0.25, 0.3) is 0 Å². The first-order chi connectivity index (χ1) is 9.24. The molecular formula is C13H20ClN5O. The Bertz CT molecular complexity index is 552. The van der Waals surface area contributed by atoms with Crippen molar-refractivity contribution in [1.29, 1.82) is 0 Å². The van der Waals surface area contributed by atoms with Gasteiger partial charge in [0.2, 0.25) is 0 Å². The van der Waals surface area contributed by atoms with E-state index in [0.717, 1.165) is 43.5 Å². The highest BCUT2D eigenvalue weighted by Crippen LogP contribution is 2.22. The van der Waals surface area contributed by atoms with Gasteiger partial charge in [-0.3, -0.25) is 4.90 Å². The second-order valence-corrected chi connectivity index (χ2v) is 5.02. The van der Waals surface area contributed by atoms with E-state index >= 15 is 0 Å². The van der Waals surface area contributed by atoms with E-state index in [4.69, 9.17) is 4.52 Å². The molecule has 1 unspecified atom stereocenters. The largest absolute Gasteiger partial charge is 0.361 e. The SMILES string of the molecule is Cc1cc(CN2CCNCC2c2nccn2C)no1.Cl. The first kappa shape index (κ1) is 15.0. The van der Waals surface area contributed by atoms with Gasteiger partial charge >= 0.3 is 0 Å². The standard InChI is InChI=1S/C13H19N5O.ClH/c1-10-7-11(16-19-10)9-18-6-3-14-8-12(18)13-15-4-5-17(13)2;/h4-5,7,12,14H,3,6,8-9H2,1-2H3;1H. The van der Waals surface area contributed by atoms with Gasteiger partial charge in [-0.1, -0.05) is 5.16 Å². The maximum atomic E-state index is 5.14. The van der Waals surface area contributed by atoms with E-state index < -0.39 is 0 Å². The molecule has 0 aromatic carbocycles. The number of piperazine rings is 1. The minimum Gasteiger partial charge on any atom is -0.361 e. The van der Waals surface area contributed by atoms with Crippen molar-refractivity contribution in [1.82, 2.24) is 24.9 Å². The number of imidazole rings is 1. The molecule has 1 aliphatic rings. The third-order valence-corrected chi connectivity index (χ3v) is 3.55. The topological polar surface area (TPSA) is 59.1 Å². The van der Waals surface area contributed by atoms with Gasteiger partial charge in [0.15, 0.2) is 0 Å². The summed E-state index contributed by atoms with van der Waals surface area (Å²) in [6.07, 6.45) is 3.84.